The zero-order chi connectivity index (χ0) is 18.0. The quantitative estimate of drug-likeness (QED) is 0.827. The molecule has 3 rings (SSSR count). The van der Waals surface area contributed by atoms with Gasteiger partial charge in [-0.25, -0.2) is 0 Å². The van der Waals surface area contributed by atoms with Gasteiger partial charge in [-0.1, -0.05) is 0 Å². The lowest BCUT2D eigenvalue weighted by atomic mass is 10.1. The number of anilines is 1. The van der Waals surface area contributed by atoms with Crippen molar-refractivity contribution in [1.82, 2.24) is 9.80 Å². The minimum absolute atomic E-state index is 0.00450. The molecule has 6 heteroatoms. The molecular weight excluding hydrogens is 318 g/mol. The predicted octanol–water partition coefficient (Wildman–Crippen LogP) is 1.77. The summed E-state index contributed by atoms with van der Waals surface area (Å²) in [6.45, 7) is 6.23. The van der Waals surface area contributed by atoms with Crippen LogP contribution in [-0.2, 0) is 9.59 Å². The molecule has 2 aliphatic rings. The van der Waals surface area contributed by atoms with E-state index in [1.165, 1.54) is 6.92 Å². The maximum absolute atomic E-state index is 12.5. The smallest absolute Gasteiger partial charge is 0.241 e. The van der Waals surface area contributed by atoms with Crippen LogP contribution in [0.5, 0.6) is 0 Å². The molecule has 1 aliphatic carbocycles. The molecule has 1 aromatic carbocycles. The molecule has 0 aromatic heterocycles. The van der Waals surface area contributed by atoms with E-state index in [0.29, 0.717) is 24.3 Å². The standard InChI is InChI=1S/C19H25N3O3/c1-13(18(24)20-17-7-5-15(6-8-17)14(2)23)21-9-11-22(12-10-21)19(25)16-3-4-16/h5-8,13,16H,3-4,9-12H2,1-2H3,(H,20,24)/t13-/m0/s1. The van der Waals surface area contributed by atoms with E-state index < -0.39 is 0 Å². The van der Waals surface area contributed by atoms with Gasteiger partial charge in [-0.05, 0) is 51.0 Å². The minimum Gasteiger partial charge on any atom is -0.340 e. The topological polar surface area (TPSA) is 69.7 Å². The maximum atomic E-state index is 12.5. The summed E-state index contributed by atoms with van der Waals surface area (Å²) in [4.78, 5) is 39.9. The van der Waals surface area contributed by atoms with Crippen LogP contribution in [0.1, 0.15) is 37.0 Å². The third-order valence-electron chi connectivity index (χ3n) is 5.04. The molecule has 25 heavy (non-hydrogen) atoms. The van der Waals surface area contributed by atoms with Crippen molar-refractivity contribution < 1.29 is 14.4 Å². The molecule has 1 N–H and O–H groups in total. The van der Waals surface area contributed by atoms with Crippen LogP contribution in [0, 0.1) is 5.92 Å². The van der Waals surface area contributed by atoms with Crippen molar-refractivity contribution in [3.8, 4) is 0 Å². The molecule has 2 amide bonds. The lowest BCUT2D eigenvalue weighted by molar-refractivity contribution is -0.135. The minimum atomic E-state index is -0.259. The first-order valence-corrected chi connectivity index (χ1v) is 8.90. The number of hydrogen-bond acceptors (Lipinski definition) is 4. The molecule has 1 atom stereocenters. The summed E-state index contributed by atoms with van der Waals surface area (Å²) < 4.78 is 0. The molecule has 134 valence electrons. The number of benzene rings is 1. The Labute approximate surface area is 148 Å². The monoisotopic (exact) mass is 343 g/mol. The summed E-state index contributed by atoms with van der Waals surface area (Å²) in [5.41, 5.74) is 1.31. The molecule has 0 unspecified atom stereocenters. The van der Waals surface area contributed by atoms with Gasteiger partial charge in [0.15, 0.2) is 5.78 Å². The number of nitrogens with zero attached hydrogens (tertiary/aromatic N) is 2. The summed E-state index contributed by atoms with van der Waals surface area (Å²) in [5, 5.41) is 2.89. The Bertz CT molecular complexity index is 659. The molecule has 1 saturated heterocycles. The van der Waals surface area contributed by atoms with Gasteiger partial charge in [0.1, 0.15) is 0 Å². The van der Waals surface area contributed by atoms with E-state index >= 15 is 0 Å². The summed E-state index contributed by atoms with van der Waals surface area (Å²) >= 11 is 0. The van der Waals surface area contributed by atoms with Gasteiger partial charge in [-0.15, -0.1) is 0 Å². The van der Waals surface area contributed by atoms with Gasteiger partial charge in [-0.2, -0.15) is 0 Å². The Kier molecular flexibility index (Phi) is 5.18. The molecule has 0 spiro atoms. The predicted molar refractivity (Wildman–Crippen MR) is 95.4 cm³/mol. The first-order valence-electron chi connectivity index (χ1n) is 8.90. The molecule has 6 nitrogen and oxygen atoms in total. The number of ketones is 1. The molecule has 0 radical (unpaired) electrons. The summed E-state index contributed by atoms with van der Waals surface area (Å²) in [6, 6.07) is 6.65. The van der Waals surface area contributed by atoms with Crippen molar-refractivity contribution in [3.05, 3.63) is 29.8 Å². The highest BCUT2D eigenvalue weighted by atomic mass is 16.2. The number of carbonyl (C=O) groups excluding carboxylic acids is 3. The zero-order valence-electron chi connectivity index (χ0n) is 14.8. The Balaban J connectivity index is 1.50. The van der Waals surface area contributed by atoms with E-state index in [9.17, 15) is 14.4 Å². The molecule has 1 aromatic rings. The lowest BCUT2D eigenvalue weighted by Crippen LogP contribution is -2.54. The van der Waals surface area contributed by atoms with Gasteiger partial charge >= 0.3 is 0 Å². The average molecular weight is 343 g/mol. The molecular formula is C19H25N3O3. The van der Waals surface area contributed by atoms with E-state index in [-0.39, 0.29) is 29.6 Å². The van der Waals surface area contributed by atoms with Crippen LogP contribution in [0.2, 0.25) is 0 Å². The highest BCUT2D eigenvalue weighted by Gasteiger charge is 2.35. The van der Waals surface area contributed by atoms with Crippen molar-refractivity contribution in [2.75, 3.05) is 31.5 Å². The average Bonchev–Trinajstić information content (AvgIpc) is 3.46. The molecule has 1 heterocycles. The normalized spacial score (nSPS) is 19.4. The maximum Gasteiger partial charge on any atom is 0.241 e. The number of amides is 2. The third-order valence-corrected chi connectivity index (χ3v) is 5.04. The largest absolute Gasteiger partial charge is 0.340 e. The van der Waals surface area contributed by atoms with Crippen LogP contribution < -0.4 is 5.32 Å². The molecule has 0 bridgehead atoms. The molecule has 1 saturated carbocycles. The van der Waals surface area contributed by atoms with Crippen molar-refractivity contribution >= 4 is 23.3 Å². The highest BCUT2D eigenvalue weighted by molar-refractivity contribution is 5.97. The fourth-order valence-corrected chi connectivity index (χ4v) is 3.12. The number of piperazine rings is 1. The second kappa shape index (κ2) is 7.35. The number of Topliss-reactive ketones (excluding diaryl/α,β-unsaturated/α-hetero) is 1. The van der Waals surface area contributed by atoms with Crippen LogP contribution in [-0.4, -0.2) is 59.6 Å². The van der Waals surface area contributed by atoms with Crippen LogP contribution >= 0.6 is 0 Å². The van der Waals surface area contributed by atoms with Gasteiger partial charge in [-0.3, -0.25) is 19.3 Å². The fraction of sp³-hybridized carbons (Fsp3) is 0.526. The van der Waals surface area contributed by atoms with E-state index in [2.05, 4.69) is 10.2 Å². The van der Waals surface area contributed by atoms with Crippen LogP contribution in [0.15, 0.2) is 24.3 Å². The second-order valence-corrected chi connectivity index (χ2v) is 6.93. The first-order chi connectivity index (χ1) is 12.0. The zero-order valence-corrected chi connectivity index (χ0v) is 14.8. The number of rotatable bonds is 5. The summed E-state index contributed by atoms with van der Waals surface area (Å²) in [5.74, 6) is 0.468. The first kappa shape index (κ1) is 17.6. The van der Waals surface area contributed by atoms with Crippen LogP contribution in [0.3, 0.4) is 0 Å². The van der Waals surface area contributed by atoms with Crippen LogP contribution in [0.4, 0.5) is 5.69 Å². The number of carbonyl (C=O) groups is 3. The van der Waals surface area contributed by atoms with Crippen molar-refractivity contribution in [2.45, 2.75) is 32.7 Å². The van der Waals surface area contributed by atoms with E-state index in [1.807, 2.05) is 11.8 Å². The van der Waals surface area contributed by atoms with Gasteiger partial charge in [0.2, 0.25) is 11.8 Å². The Hall–Kier alpha value is -2.21. The molecule has 2 fully saturated rings. The number of nitrogens with one attached hydrogen (secondary N) is 1. The van der Waals surface area contributed by atoms with Crippen LogP contribution in [0.25, 0.3) is 0 Å². The van der Waals surface area contributed by atoms with Gasteiger partial charge < -0.3 is 10.2 Å². The van der Waals surface area contributed by atoms with Crippen molar-refractivity contribution in [2.24, 2.45) is 5.92 Å². The van der Waals surface area contributed by atoms with E-state index in [4.69, 9.17) is 0 Å². The third kappa shape index (κ3) is 4.25. The highest BCUT2D eigenvalue weighted by Crippen LogP contribution is 2.31. The van der Waals surface area contributed by atoms with E-state index in [0.717, 1.165) is 25.9 Å². The van der Waals surface area contributed by atoms with Crippen molar-refractivity contribution in [1.29, 1.82) is 0 Å². The Morgan fingerprint density at radius 3 is 2.16 bits per heavy atom. The SMILES string of the molecule is CC(=O)c1ccc(NC(=O)[C@H](C)N2CCN(C(=O)C3CC3)CC2)cc1. The van der Waals surface area contributed by atoms with Crippen molar-refractivity contribution in [3.63, 3.8) is 0 Å². The number of hydrogen-bond donors (Lipinski definition) is 1. The molecule has 1 aliphatic heterocycles. The lowest BCUT2D eigenvalue weighted by Gasteiger charge is -2.37. The fourth-order valence-electron chi connectivity index (χ4n) is 3.12. The van der Waals surface area contributed by atoms with Gasteiger partial charge in [0.25, 0.3) is 0 Å². The van der Waals surface area contributed by atoms with Gasteiger partial charge in [0, 0.05) is 43.3 Å². The van der Waals surface area contributed by atoms with E-state index in [1.54, 1.807) is 24.3 Å². The Morgan fingerprint density at radius 2 is 1.64 bits per heavy atom. The van der Waals surface area contributed by atoms with Gasteiger partial charge in [0.05, 0.1) is 6.04 Å². The Morgan fingerprint density at radius 1 is 1.04 bits per heavy atom. The summed E-state index contributed by atoms with van der Waals surface area (Å²) in [6.07, 6.45) is 2.06. The second-order valence-electron chi connectivity index (χ2n) is 6.93. The summed E-state index contributed by atoms with van der Waals surface area (Å²) in [7, 11) is 0.